The zero-order valence-corrected chi connectivity index (χ0v) is 12.5. The van der Waals surface area contributed by atoms with E-state index in [-0.39, 0.29) is 5.02 Å². The first kappa shape index (κ1) is 17.7. The number of hydrogen-bond donors (Lipinski definition) is 2. The molecule has 2 aromatic carbocycles. The number of nitrogens with one attached hydrogen (secondary N) is 2. The number of hydrogen-bond acceptors (Lipinski definition) is 2. The summed E-state index contributed by atoms with van der Waals surface area (Å²) in [7, 11) is 0. The minimum absolute atomic E-state index is 0.215. The summed E-state index contributed by atoms with van der Waals surface area (Å²) in [5.74, 6) is -3.19. The van der Waals surface area contributed by atoms with Gasteiger partial charge in [0, 0.05) is 5.56 Å². The minimum atomic E-state index is -2.87. The Bertz CT molecular complexity index is 779. The standard InChI is InChI=1S/C15H9ClF4N2O2/c16-8-2-1-3-9(17)12(8)14(23)22-15(24)21-11-5-4-7(13(19)20)6-10(11)18/h1-6,13H,(H2,21,22,23,24). The van der Waals surface area contributed by atoms with Crippen LogP contribution < -0.4 is 10.6 Å². The van der Waals surface area contributed by atoms with Crippen LogP contribution in [0.15, 0.2) is 36.4 Å². The number of benzene rings is 2. The lowest BCUT2D eigenvalue weighted by Crippen LogP contribution is -2.35. The van der Waals surface area contributed by atoms with Gasteiger partial charge in [0.05, 0.1) is 16.3 Å². The molecule has 2 rings (SSSR count). The molecule has 0 spiro atoms. The Labute approximate surface area is 138 Å². The molecule has 3 amide bonds. The van der Waals surface area contributed by atoms with Crippen molar-refractivity contribution in [2.24, 2.45) is 0 Å². The molecule has 0 heterocycles. The van der Waals surface area contributed by atoms with Crippen molar-refractivity contribution in [2.45, 2.75) is 6.43 Å². The molecule has 0 unspecified atom stereocenters. The third-order valence-electron chi connectivity index (χ3n) is 2.91. The van der Waals surface area contributed by atoms with Crippen LogP contribution in [0.1, 0.15) is 22.3 Å². The summed E-state index contributed by atoms with van der Waals surface area (Å²) in [6.45, 7) is 0. The Kier molecular flexibility index (Phi) is 5.40. The highest BCUT2D eigenvalue weighted by molar-refractivity contribution is 6.34. The Morgan fingerprint density at radius 2 is 1.75 bits per heavy atom. The van der Waals surface area contributed by atoms with Gasteiger partial charge in [-0.1, -0.05) is 23.7 Å². The predicted octanol–water partition coefficient (Wildman–Crippen LogP) is 4.52. The number of carbonyl (C=O) groups is 2. The maximum atomic E-state index is 13.6. The second-order valence-corrected chi connectivity index (χ2v) is 4.95. The summed E-state index contributed by atoms with van der Waals surface area (Å²) in [5, 5.41) is 3.51. The van der Waals surface area contributed by atoms with Gasteiger partial charge in [-0.15, -0.1) is 0 Å². The number of anilines is 1. The van der Waals surface area contributed by atoms with Crippen LogP contribution in [-0.4, -0.2) is 11.9 Å². The van der Waals surface area contributed by atoms with Gasteiger partial charge < -0.3 is 5.32 Å². The molecule has 2 N–H and O–H groups in total. The van der Waals surface area contributed by atoms with E-state index in [1.54, 1.807) is 5.32 Å². The van der Waals surface area contributed by atoms with Gasteiger partial charge in [0.25, 0.3) is 12.3 Å². The number of carbonyl (C=O) groups excluding carboxylic acids is 2. The van der Waals surface area contributed by atoms with Gasteiger partial charge in [0.2, 0.25) is 0 Å². The monoisotopic (exact) mass is 360 g/mol. The molecule has 2 aromatic rings. The van der Waals surface area contributed by atoms with Crippen molar-refractivity contribution in [3.8, 4) is 0 Å². The van der Waals surface area contributed by atoms with Crippen LogP contribution in [0.5, 0.6) is 0 Å². The Morgan fingerprint density at radius 1 is 1.04 bits per heavy atom. The van der Waals surface area contributed by atoms with Crippen molar-refractivity contribution < 1.29 is 27.2 Å². The van der Waals surface area contributed by atoms with E-state index in [2.05, 4.69) is 0 Å². The smallest absolute Gasteiger partial charge is 0.305 e. The van der Waals surface area contributed by atoms with Crippen LogP contribution >= 0.6 is 11.6 Å². The van der Waals surface area contributed by atoms with E-state index < -0.39 is 46.8 Å². The number of rotatable bonds is 3. The van der Waals surface area contributed by atoms with Crippen molar-refractivity contribution in [3.63, 3.8) is 0 Å². The van der Waals surface area contributed by atoms with E-state index in [1.807, 2.05) is 5.32 Å². The Balaban J connectivity index is 2.10. The highest BCUT2D eigenvalue weighted by Crippen LogP contribution is 2.23. The van der Waals surface area contributed by atoms with Crippen molar-refractivity contribution in [1.82, 2.24) is 5.32 Å². The molecule has 0 aliphatic rings. The topological polar surface area (TPSA) is 58.2 Å². The van der Waals surface area contributed by atoms with Gasteiger partial charge in [-0.05, 0) is 24.3 Å². The van der Waals surface area contributed by atoms with E-state index in [0.29, 0.717) is 6.07 Å². The molecule has 0 aromatic heterocycles. The zero-order chi connectivity index (χ0) is 17.9. The minimum Gasteiger partial charge on any atom is -0.305 e. The van der Waals surface area contributed by atoms with Crippen LogP contribution in [0.2, 0.25) is 5.02 Å². The van der Waals surface area contributed by atoms with E-state index in [4.69, 9.17) is 11.6 Å². The fourth-order valence-electron chi connectivity index (χ4n) is 1.80. The molecule has 126 valence electrons. The molecule has 0 atom stereocenters. The molecule has 0 radical (unpaired) electrons. The van der Waals surface area contributed by atoms with E-state index in [9.17, 15) is 27.2 Å². The molecule has 0 saturated heterocycles. The van der Waals surface area contributed by atoms with Gasteiger partial charge in [-0.2, -0.15) is 0 Å². The lowest BCUT2D eigenvalue weighted by atomic mass is 10.2. The normalized spacial score (nSPS) is 10.6. The molecule has 9 heteroatoms. The van der Waals surface area contributed by atoms with Gasteiger partial charge in [-0.3, -0.25) is 10.1 Å². The highest BCUT2D eigenvalue weighted by atomic mass is 35.5. The summed E-state index contributed by atoms with van der Waals surface area (Å²) in [6.07, 6.45) is -2.87. The first-order valence-electron chi connectivity index (χ1n) is 6.43. The summed E-state index contributed by atoms with van der Waals surface area (Å²) in [6, 6.07) is 4.70. The third-order valence-corrected chi connectivity index (χ3v) is 3.23. The number of alkyl halides is 2. The molecule has 0 saturated carbocycles. The average Bonchev–Trinajstić information content (AvgIpc) is 2.48. The number of imide groups is 1. The third kappa shape index (κ3) is 4.02. The number of amides is 3. The molecule has 4 nitrogen and oxygen atoms in total. The first-order valence-corrected chi connectivity index (χ1v) is 6.81. The summed E-state index contributed by atoms with van der Waals surface area (Å²) < 4.78 is 52.0. The van der Waals surface area contributed by atoms with Crippen molar-refractivity contribution in [1.29, 1.82) is 0 Å². The maximum absolute atomic E-state index is 13.6. The van der Waals surface area contributed by atoms with E-state index in [0.717, 1.165) is 18.2 Å². The van der Waals surface area contributed by atoms with Gasteiger partial charge in [-0.25, -0.2) is 22.4 Å². The Morgan fingerprint density at radius 3 is 2.33 bits per heavy atom. The van der Waals surface area contributed by atoms with Crippen LogP contribution in [-0.2, 0) is 0 Å². The maximum Gasteiger partial charge on any atom is 0.326 e. The lowest BCUT2D eigenvalue weighted by molar-refractivity contribution is 0.0963. The van der Waals surface area contributed by atoms with Crippen LogP contribution in [0.4, 0.5) is 28.0 Å². The first-order chi connectivity index (χ1) is 11.3. The van der Waals surface area contributed by atoms with Crippen LogP contribution in [0.25, 0.3) is 0 Å². The average molecular weight is 361 g/mol. The van der Waals surface area contributed by atoms with Gasteiger partial charge >= 0.3 is 6.03 Å². The quantitative estimate of drug-likeness (QED) is 0.791. The molecular weight excluding hydrogens is 352 g/mol. The zero-order valence-electron chi connectivity index (χ0n) is 11.7. The largest absolute Gasteiger partial charge is 0.326 e. The summed E-state index contributed by atoms with van der Waals surface area (Å²) in [5.41, 5.74) is -1.54. The lowest BCUT2D eigenvalue weighted by Gasteiger charge is -2.10. The molecule has 0 aliphatic carbocycles. The second-order valence-electron chi connectivity index (χ2n) is 4.54. The number of halogens is 5. The fraction of sp³-hybridized carbons (Fsp3) is 0.0667. The van der Waals surface area contributed by atoms with Crippen molar-refractivity contribution in [2.75, 3.05) is 5.32 Å². The molecule has 0 fully saturated rings. The van der Waals surface area contributed by atoms with Crippen LogP contribution in [0, 0.1) is 11.6 Å². The molecule has 24 heavy (non-hydrogen) atoms. The van der Waals surface area contributed by atoms with Crippen molar-refractivity contribution in [3.05, 3.63) is 64.2 Å². The van der Waals surface area contributed by atoms with E-state index >= 15 is 0 Å². The fourth-order valence-corrected chi connectivity index (χ4v) is 2.05. The Hall–Kier alpha value is -2.61. The summed E-state index contributed by atoms with van der Waals surface area (Å²) in [4.78, 5) is 23.5. The number of urea groups is 1. The van der Waals surface area contributed by atoms with Gasteiger partial charge in [0.15, 0.2) is 0 Å². The predicted molar refractivity (Wildman–Crippen MR) is 79.3 cm³/mol. The van der Waals surface area contributed by atoms with Crippen LogP contribution in [0.3, 0.4) is 0 Å². The SMILES string of the molecule is O=C(NC(=O)c1c(F)cccc1Cl)Nc1ccc(C(F)F)cc1F. The van der Waals surface area contributed by atoms with Gasteiger partial charge in [0.1, 0.15) is 11.6 Å². The molecule has 0 aliphatic heterocycles. The van der Waals surface area contributed by atoms with Crippen molar-refractivity contribution >= 4 is 29.2 Å². The summed E-state index contributed by atoms with van der Waals surface area (Å²) >= 11 is 5.68. The molecule has 0 bridgehead atoms. The highest BCUT2D eigenvalue weighted by Gasteiger charge is 2.19. The second kappa shape index (κ2) is 7.31. The molecular formula is C15H9ClF4N2O2. The van der Waals surface area contributed by atoms with E-state index in [1.165, 1.54) is 12.1 Å².